The molecule has 2 unspecified atom stereocenters. The lowest BCUT2D eigenvalue weighted by molar-refractivity contribution is -0.137. The van der Waals surface area contributed by atoms with E-state index in [4.69, 9.17) is 21.2 Å². The normalized spacial score (nSPS) is 24.0. The molecule has 8 nitrogen and oxygen atoms in total. The van der Waals surface area contributed by atoms with Gasteiger partial charge < -0.3 is 24.7 Å². The van der Waals surface area contributed by atoms with Crippen molar-refractivity contribution in [2.24, 2.45) is 11.1 Å². The van der Waals surface area contributed by atoms with Gasteiger partial charge in [0, 0.05) is 32.0 Å². The van der Waals surface area contributed by atoms with Gasteiger partial charge in [-0.2, -0.15) is 0 Å². The molecule has 202 valence electrons. The lowest BCUT2D eigenvalue weighted by Crippen LogP contribution is -2.37. The van der Waals surface area contributed by atoms with Crippen LogP contribution in [-0.4, -0.2) is 58.5 Å². The summed E-state index contributed by atoms with van der Waals surface area (Å²) in [5.74, 6) is -1.41. The summed E-state index contributed by atoms with van der Waals surface area (Å²) in [5, 5.41) is 25.0. The van der Waals surface area contributed by atoms with Crippen molar-refractivity contribution in [3.05, 3.63) is 46.5 Å². The van der Waals surface area contributed by atoms with Crippen molar-refractivity contribution in [3.8, 4) is 11.5 Å². The Bertz CT molecular complexity index is 1050. The predicted molar refractivity (Wildman–Crippen MR) is 143 cm³/mol. The Morgan fingerprint density at radius 1 is 1.19 bits per heavy atom. The summed E-state index contributed by atoms with van der Waals surface area (Å²) in [6.45, 7) is 5.32. The fourth-order valence-electron chi connectivity index (χ4n) is 4.50. The topological polar surface area (TPSA) is 109 Å². The number of esters is 1. The van der Waals surface area contributed by atoms with E-state index in [-0.39, 0.29) is 52.9 Å². The largest absolute Gasteiger partial charge is 0.507 e. The van der Waals surface area contributed by atoms with Crippen LogP contribution in [0.25, 0.3) is 0 Å². The van der Waals surface area contributed by atoms with Crippen LogP contribution in [-0.2, 0) is 20.8 Å². The maximum absolute atomic E-state index is 13.2. The van der Waals surface area contributed by atoms with Crippen molar-refractivity contribution >= 4 is 29.2 Å². The number of halogens is 1. The molecule has 0 aliphatic carbocycles. The van der Waals surface area contributed by atoms with Gasteiger partial charge in [-0.15, -0.1) is 0 Å². The molecule has 1 fully saturated rings. The highest BCUT2D eigenvalue weighted by Gasteiger charge is 2.26. The maximum Gasteiger partial charge on any atom is 0.342 e. The van der Waals surface area contributed by atoms with Gasteiger partial charge in [-0.3, -0.25) is 4.79 Å². The monoisotopic (exact) mass is 532 g/mol. The molecule has 0 aromatic heterocycles. The number of aromatic hydroxyl groups is 2. The van der Waals surface area contributed by atoms with Gasteiger partial charge in [0.15, 0.2) is 6.61 Å². The number of likely N-dealkylation sites (tertiary alicyclic amines) is 1. The van der Waals surface area contributed by atoms with E-state index in [1.165, 1.54) is 0 Å². The van der Waals surface area contributed by atoms with E-state index >= 15 is 0 Å². The average molecular weight is 533 g/mol. The number of hydrogen-bond acceptors (Lipinski definition) is 7. The van der Waals surface area contributed by atoms with Gasteiger partial charge in [0.1, 0.15) is 23.2 Å². The first kappa shape index (κ1) is 28.6. The van der Waals surface area contributed by atoms with E-state index < -0.39 is 11.7 Å². The summed E-state index contributed by atoms with van der Waals surface area (Å²) in [4.78, 5) is 32.9. The van der Waals surface area contributed by atoms with Crippen LogP contribution in [0.2, 0.25) is 5.02 Å². The van der Waals surface area contributed by atoms with Crippen LogP contribution in [0.15, 0.2) is 35.5 Å². The number of carbonyl (C=O) groups excluding carboxylic acids is 2. The van der Waals surface area contributed by atoms with Crippen molar-refractivity contribution in [3.63, 3.8) is 0 Å². The molecule has 0 saturated carbocycles. The molecule has 1 saturated heterocycles. The van der Waals surface area contributed by atoms with Crippen molar-refractivity contribution < 1.29 is 29.4 Å². The van der Waals surface area contributed by atoms with Gasteiger partial charge in [0.25, 0.3) is 5.91 Å². The third kappa shape index (κ3) is 8.25. The first-order valence-electron chi connectivity index (χ1n) is 13.0. The van der Waals surface area contributed by atoms with E-state index in [1.807, 2.05) is 19.1 Å². The number of phenols is 2. The molecule has 1 aromatic rings. The van der Waals surface area contributed by atoms with Gasteiger partial charge in [0.2, 0.25) is 0 Å². The number of oxime groups is 1. The van der Waals surface area contributed by atoms with Crippen molar-refractivity contribution in [2.45, 2.75) is 71.3 Å². The molecule has 0 radical (unpaired) electrons. The van der Waals surface area contributed by atoms with E-state index in [0.717, 1.165) is 38.2 Å². The molecule has 9 heteroatoms. The number of allylic oxidation sites excluding steroid dienone is 3. The number of cyclic esters (lactones) is 1. The second-order valence-corrected chi connectivity index (χ2v) is 10.0. The predicted octanol–water partition coefficient (Wildman–Crippen LogP) is 5.55. The van der Waals surface area contributed by atoms with Gasteiger partial charge >= 0.3 is 5.97 Å². The Balaban J connectivity index is 1.93. The molecule has 0 spiro atoms. The number of benzene rings is 1. The Morgan fingerprint density at radius 2 is 1.95 bits per heavy atom. The molecule has 1 aromatic carbocycles. The molecule has 2 aliphatic rings. The van der Waals surface area contributed by atoms with E-state index in [1.54, 1.807) is 11.0 Å². The number of rotatable bonds is 5. The zero-order valence-corrected chi connectivity index (χ0v) is 22.4. The van der Waals surface area contributed by atoms with Crippen molar-refractivity contribution in [2.75, 3.05) is 19.7 Å². The second-order valence-electron chi connectivity index (χ2n) is 9.65. The second kappa shape index (κ2) is 14.1. The molecule has 2 N–H and O–H groups in total. The zero-order chi connectivity index (χ0) is 26.8. The molecular formula is C28H37ClN2O6. The lowest BCUT2D eigenvalue weighted by Gasteiger charge is -2.26. The van der Waals surface area contributed by atoms with Gasteiger partial charge in [-0.1, -0.05) is 55.3 Å². The van der Waals surface area contributed by atoms with Crippen LogP contribution in [0.3, 0.4) is 0 Å². The molecule has 3 rings (SSSR count). The number of nitrogens with zero attached hydrogens (tertiary/aromatic N) is 2. The minimum Gasteiger partial charge on any atom is -0.507 e. The minimum absolute atomic E-state index is 0.0255. The fraction of sp³-hybridized carbons (Fsp3) is 0.536. The fourth-order valence-corrected chi connectivity index (χ4v) is 4.72. The molecule has 37 heavy (non-hydrogen) atoms. The number of phenolic OH excluding ortho intramolecular Hbond substituents is 2. The molecule has 1 amide bonds. The van der Waals surface area contributed by atoms with Crippen LogP contribution in [0.5, 0.6) is 11.5 Å². The SMILES string of the molecule is CCCC1C/C=C/C(C)C/C=C/C(=NOCC(=O)N2CCCCC2)Cc2c(Cl)c(O)cc(O)c2C(=O)O1. The first-order valence-corrected chi connectivity index (χ1v) is 13.4. The van der Waals surface area contributed by atoms with E-state index in [0.29, 0.717) is 31.6 Å². The van der Waals surface area contributed by atoms with Crippen molar-refractivity contribution in [1.29, 1.82) is 0 Å². The Morgan fingerprint density at radius 3 is 2.68 bits per heavy atom. The number of carbonyl (C=O) groups is 2. The van der Waals surface area contributed by atoms with Gasteiger partial charge in [0.05, 0.1) is 10.7 Å². The molecule has 2 atom stereocenters. The quantitative estimate of drug-likeness (QED) is 0.292. The minimum atomic E-state index is -0.726. The molecule has 0 bridgehead atoms. The number of amides is 1. The van der Waals surface area contributed by atoms with Crippen LogP contribution < -0.4 is 0 Å². The third-order valence-electron chi connectivity index (χ3n) is 6.53. The Hall–Kier alpha value is -3.00. The lowest BCUT2D eigenvalue weighted by atomic mass is 9.98. The number of fused-ring (bicyclic) bond motifs is 1. The summed E-state index contributed by atoms with van der Waals surface area (Å²) in [6.07, 6.45) is 13.2. The summed E-state index contributed by atoms with van der Waals surface area (Å²) in [6, 6.07) is 1.03. The maximum atomic E-state index is 13.2. The average Bonchev–Trinajstić information content (AvgIpc) is 2.87. The Kier molecular flexibility index (Phi) is 10.9. The first-order chi connectivity index (χ1) is 17.8. The van der Waals surface area contributed by atoms with Crippen LogP contribution >= 0.6 is 11.6 Å². The summed E-state index contributed by atoms with van der Waals surface area (Å²) in [5.41, 5.74) is 0.434. The summed E-state index contributed by atoms with van der Waals surface area (Å²) >= 11 is 6.41. The number of hydrogen-bond donors (Lipinski definition) is 2. The smallest absolute Gasteiger partial charge is 0.342 e. The molecular weight excluding hydrogens is 496 g/mol. The van der Waals surface area contributed by atoms with E-state index in [9.17, 15) is 19.8 Å². The zero-order valence-electron chi connectivity index (χ0n) is 21.6. The van der Waals surface area contributed by atoms with Gasteiger partial charge in [-0.05, 0) is 49.7 Å². The van der Waals surface area contributed by atoms with Crippen molar-refractivity contribution in [1.82, 2.24) is 4.90 Å². The third-order valence-corrected chi connectivity index (χ3v) is 6.95. The summed E-state index contributed by atoms with van der Waals surface area (Å²) in [7, 11) is 0. The molecule has 2 heterocycles. The van der Waals surface area contributed by atoms with Crippen LogP contribution in [0.1, 0.15) is 74.7 Å². The highest BCUT2D eigenvalue weighted by molar-refractivity contribution is 6.33. The van der Waals surface area contributed by atoms with E-state index in [2.05, 4.69) is 18.2 Å². The van der Waals surface area contributed by atoms with Crippen LogP contribution in [0, 0.1) is 5.92 Å². The summed E-state index contributed by atoms with van der Waals surface area (Å²) < 4.78 is 5.76. The molecule has 2 aliphatic heterocycles. The highest BCUT2D eigenvalue weighted by atomic mass is 35.5. The van der Waals surface area contributed by atoms with Gasteiger partial charge in [-0.25, -0.2) is 4.79 Å². The van der Waals surface area contributed by atoms with Crippen LogP contribution in [0.4, 0.5) is 0 Å². The number of piperidine rings is 1. The highest BCUT2D eigenvalue weighted by Crippen LogP contribution is 2.37. The standard InChI is InChI=1S/C28H37ClN2O6/c1-3-9-21-13-8-11-19(2)10-7-12-20(30-36-18-25(34)31-14-5-4-6-15-31)16-22-26(28(35)37-21)23(32)17-24(33)27(22)29/h7-8,11-12,17,19,21,32-33H,3-6,9-10,13-16,18H2,1-2H3/b11-8+,12-7+,30-20?. The Labute approximate surface area is 223 Å². The number of ether oxygens (including phenoxy) is 1.